The van der Waals surface area contributed by atoms with Crippen LogP contribution in [0.25, 0.3) is 0 Å². The molecular weight excluding hydrogens is 314 g/mol. The summed E-state index contributed by atoms with van der Waals surface area (Å²) in [6.45, 7) is 2.26. The van der Waals surface area contributed by atoms with E-state index in [1.54, 1.807) is 0 Å². The summed E-state index contributed by atoms with van der Waals surface area (Å²) in [6, 6.07) is 0. The Labute approximate surface area is 82.8 Å². The molecule has 0 N–H and O–H groups in total. The Morgan fingerprint density at radius 2 is 1.60 bits per heavy atom. The third-order valence-electron chi connectivity index (χ3n) is 1.53. The molecule has 0 fully saturated rings. The Morgan fingerprint density at radius 1 is 1.00 bits per heavy atom. The molecule has 0 rings (SSSR count). The molecule has 0 aliphatic carbocycles. The third kappa shape index (κ3) is 9.60. The first kappa shape index (κ1) is 11.6. The molecule has 0 nitrogen and oxygen atoms in total. The Morgan fingerprint density at radius 3 is 2.10 bits per heavy atom. The fourth-order valence-corrected chi connectivity index (χ4v) is 5.52. The summed E-state index contributed by atoms with van der Waals surface area (Å²) in [6.07, 6.45) is 7.08. The van der Waals surface area contributed by atoms with Gasteiger partial charge in [0.25, 0.3) is 0 Å². The Kier molecular flexibility index (Phi) is 10.1. The second-order valence-corrected chi connectivity index (χ2v) is 23.3. The van der Waals surface area contributed by atoms with Crippen molar-refractivity contribution in [1.82, 2.24) is 0 Å². The van der Waals surface area contributed by atoms with Gasteiger partial charge >= 0.3 is 83.4 Å². The average molecular weight is 329 g/mol. The first-order valence-corrected chi connectivity index (χ1v) is 17.1. The Balaban J connectivity index is 2.77. The maximum absolute atomic E-state index is 3.65. The topological polar surface area (TPSA) is 0 Å². The molecule has 0 spiro atoms. The van der Waals surface area contributed by atoms with E-state index in [-0.39, 0.29) is 0 Å². The van der Waals surface area contributed by atoms with Crippen molar-refractivity contribution < 1.29 is 0 Å². The van der Waals surface area contributed by atoms with E-state index in [9.17, 15) is 0 Å². The Hall–Kier alpha value is 1.60. The first-order chi connectivity index (χ1) is 4.77. The Bertz CT molecular complexity index is 66.6. The van der Waals surface area contributed by atoms with Crippen LogP contribution in [0, 0.1) is 0 Å². The van der Waals surface area contributed by atoms with Crippen molar-refractivity contribution in [3.05, 3.63) is 0 Å². The van der Waals surface area contributed by atoms with Gasteiger partial charge in [-0.1, -0.05) is 0 Å². The van der Waals surface area contributed by atoms with E-state index in [1.807, 2.05) is 0 Å². The van der Waals surface area contributed by atoms with Crippen molar-refractivity contribution in [3.63, 3.8) is 0 Å². The van der Waals surface area contributed by atoms with Crippen LogP contribution in [0.2, 0.25) is 4.98 Å². The van der Waals surface area contributed by atoms with Gasteiger partial charge < -0.3 is 0 Å². The number of halogens is 2. The van der Waals surface area contributed by atoms with Crippen molar-refractivity contribution in [2.75, 3.05) is 0 Å². The monoisotopic (exact) mass is 326 g/mol. The fraction of sp³-hybridized carbons (Fsp3) is 1.00. The zero-order valence-corrected chi connectivity index (χ0v) is 12.2. The molecule has 0 bridgehead atoms. The van der Waals surface area contributed by atoms with Gasteiger partial charge in [0.15, 0.2) is 0 Å². The van der Waals surface area contributed by atoms with Gasteiger partial charge in [0.1, 0.15) is 0 Å². The molecule has 0 atom stereocenters. The van der Waals surface area contributed by atoms with E-state index in [4.69, 9.17) is 0 Å². The van der Waals surface area contributed by atoms with Crippen molar-refractivity contribution in [2.45, 2.75) is 44.0 Å². The van der Waals surface area contributed by atoms with Crippen LogP contribution in [-0.4, -0.2) is 12.3 Å². The van der Waals surface area contributed by atoms with E-state index in [1.165, 1.54) is 37.1 Å². The third-order valence-corrected chi connectivity index (χ3v) is 8.06. The summed E-state index contributed by atoms with van der Waals surface area (Å²) in [7, 11) is 0. The molecule has 10 heavy (non-hydrogen) atoms. The predicted octanol–water partition coefficient (Wildman–Crippen LogP) is 4.23. The van der Waals surface area contributed by atoms with E-state index >= 15 is 0 Å². The van der Waals surface area contributed by atoms with Crippen LogP contribution in [0.5, 0.6) is 0 Å². The molecule has 0 unspecified atom stereocenters. The van der Waals surface area contributed by atoms with Crippen LogP contribution in [0.1, 0.15) is 39.0 Å². The molecular formula is C7H15Br2Ga. The van der Waals surface area contributed by atoms with Crippen LogP contribution >= 0.6 is 27.1 Å². The molecule has 3 heteroatoms. The zero-order valence-electron chi connectivity index (χ0n) is 6.58. The summed E-state index contributed by atoms with van der Waals surface area (Å²) in [5, 5.41) is 0. The quantitative estimate of drug-likeness (QED) is 0.505. The predicted molar refractivity (Wildman–Crippen MR) is 57.2 cm³/mol. The molecule has 0 radical (unpaired) electrons. The van der Waals surface area contributed by atoms with Crippen molar-refractivity contribution >= 4 is 39.4 Å². The van der Waals surface area contributed by atoms with Gasteiger partial charge in [-0.2, -0.15) is 0 Å². The summed E-state index contributed by atoms with van der Waals surface area (Å²) >= 11 is 6.30. The molecule has 0 amide bonds. The van der Waals surface area contributed by atoms with Crippen molar-refractivity contribution in [2.24, 2.45) is 0 Å². The molecule has 0 aliphatic rings. The molecule has 0 aromatic carbocycles. The number of rotatable bonds is 6. The summed E-state index contributed by atoms with van der Waals surface area (Å²) in [5.41, 5.74) is 0. The van der Waals surface area contributed by atoms with Crippen molar-refractivity contribution in [3.8, 4) is 0 Å². The standard InChI is InChI=1S/C7H15.2BrH.Ga/c1-3-5-7-6-4-2;;;/h1,3-7H2,2H3;2*1H;/q;;;+2/p-2. The first-order valence-electron chi connectivity index (χ1n) is 4.05. The molecule has 0 saturated heterocycles. The number of hydrogen-bond donors (Lipinski definition) is 0. The molecule has 0 saturated carbocycles. The summed E-state index contributed by atoms with van der Waals surface area (Å²) in [5.74, 6) is 0. The van der Waals surface area contributed by atoms with E-state index in [0.717, 1.165) is 0 Å². The van der Waals surface area contributed by atoms with Gasteiger partial charge in [0, 0.05) is 0 Å². The fourth-order valence-electron chi connectivity index (χ4n) is 0.902. The maximum atomic E-state index is 3.65. The minimum atomic E-state index is -0.991. The van der Waals surface area contributed by atoms with Crippen molar-refractivity contribution in [1.29, 1.82) is 0 Å². The van der Waals surface area contributed by atoms with Crippen LogP contribution in [0.3, 0.4) is 0 Å². The second-order valence-electron chi connectivity index (χ2n) is 2.59. The second kappa shape index (κ2) is 8.69. The zero-order chi connectivity index (χ0) is 7.82. The number of unbranched alkanes of at least 4 members (excludes halogenated alkanes) is 4. The summed E-state index contributed by atoms with van der Waals surface area (Å²) in [4.78, 5) is 1.44. The van der Waals surface area contributed by atoms with Crippen LogP contribution < -0.4 is 0 Å². The molecule has 0 heterocycles. The summed E-state index contributed by atoms with van der Waals surface area (Å²) < 4.78 is 0. The van der Waals surface area contributed by atoms with Gasteiger partial charge in [-0.3, -0.25) is 0 Å². The molecule has 60 valence electrons. The van der Waals surface area contributed by atoms with Crippen LogP contribution in [0.4, 0.5) is 0 Å². The minimum absolute atomic E-state index is 0.991. The molecule has 0 aromatic heterocycles. The average Bonchev–Trinajstić information content (AvgIpc) is 1.87. The van der Waals surface area contributed by atoms with Gasteiger partial charge in [-0.05, 0) is 0 Å². The van der Waals surface area contributed by atoms with E-state index < -0.39 is 12.3 Å². The van der Waals surface area contributed by atoms with Crippen LogP contribution in [-0.2, 0) is 0 Å². The van der Waals surface area contributed by atoms with Gasteiger partial charge in [-0.15, -0.1) is 0 Å². The van der Waals surface area contributed by atoms with Gasteiger partial charge in [-0.25, -0.2) is 0 Å². The van der Waals surface area contributed by atoms with Gasteiger partial charge in [0.05, 0.1) is 0 Å². The van der Waals surface area contributed by atoms with E-state index in [2.05, 4.69) is 34.0 Å². The van der Waals surface area contributed by atoms with Gasteiger partial charge in [0.2, 0.25) is 0 Å². The number of hydrogen-bond acceptors (Lipinski definition) is 0. The SMILES string of the molecule is CCCCCC[CH2][Ga]([Br])[Br]. The van der Waals surface area contributed by atoms with E-state index in [0.29, 0.717) is 0 Å². The molecule has 0 aliphatic heterocycles. The molecule has 0 aromatic rings. The van der Waals surface area contributed by atoms with Crippen LogP contribution in [0.15, 0.2) is 0 Å². The normalized spacial score (nSPS) is 9.90.